The lowest BCUT2D eigenvalue weighted by atomic mass is 9.52. The molecule has 0 heterocycles. The van der Waals surface area contributed by atoms with E-state index < -0.39 is 0 Å². The molecule has 0 N–H and O–H groups in total. The zero-order chi connectivity index (χ0) is 6.48. The average molecular weight is 126 g/mol. The molecule has 0 saturated heterocycles. The molecular weight excluding hydrogens is 116 g/mol. The largest absolute Gasteiger partial charge is 0.459 e. The van der Waals surface area contributed by atoms with Crippen LogP contribution in [0.3, 0.4) is 0 Å². The van der Waals surface area contributed by atoms with Crippen molar-refractivity contribution in [2.45, 2.75) is 31.8 Å². The second-order valence-corrected chi connectivity index (χ2v) is 3.26. The first kappa shape index (κ1) is 5.27. The molecule has 0 aromatic rings. The Bertz CT molecular complexity index is 145. The number of hydrogen-bond donors (Lipinski definition) is 0. The van der Waals surface area contributed by atoms with E-state index in [9.17, 15) is 4.79 Å². The second-order valence-electron chi connectivity index (χ2n) is 3.26. The van der Waals surface area contributed by atoms with Crippen LogP contribution in [0.15, 0.2) is 0 Å². The molecule has 0 aromatic carbocycles. The van der Waals surface area contributed by atoms with E-state index in [0.717, 1.165) is 25.2 Å². The first-order valence-electron chi connectivity index (χ1n) is 3.40. The van der Waals surface area contributed by atoms with Crippen LogP contribution in [0.5, 0.6) is 0 Å². The highest BCUT2D eigenvalue weighted by atomic mass is 16.6. The number of carbonyl (C=O) groups excluding carboxylic acids is 1. The van der Waals surface area contributed by atoms with Crippen molar-refractivity contribution in [1.29, 1.82) is 0 Å². The van der Waals surface area contributed by atoms with E-state index in [2.05, 4.69) is 0 Å². The fourth-order valence-electron chi connectivity index (χ4n) is 1.83. The third-order valence-electron chi connectivity index (χ3n) is 2.34. The van der Waals surface area contributed by atoms with Gasteiger partial charge in [0.25, 0.3) is 0 Å². The average Bonchev–Trinajstić information content (AvgIpc) is 1.50. The standard InChI is InChI=1S/C7H10O2/c1-5(8)9-7-2-6(3-7)4-7/h6H,2-4H2,1H3. The normalized spacial score (nSPS) is 44.8. The Kier molecular flexibility index (Phi) is 0.765. The van der Waals surface area contributed by atoms with Crippen molar-refractivity contribution in [2.75, 3.05) is 0 Å². The van der Waals surface area contributed by atoms with Gasteiger partial charge in [-0.25, -0.2) is 0 Å². The summed E-state index contributed by atoms with van der Waals surface area (Å²) in [5.74, 6) is 0.775. The summed E-state index contributed by atoms with van der Waals surface area (Å²) in [5.41, 5.74) is 0.0382. The summed E-state index contributed by atoms with van der Waals surface area (Å²) >= 11 is 0. The molecule has 3 aliphatic rings. The molecule has 3 saturated carbocycles. The van der Waals surface area contributed by atoms with Gasteiger partial charge in [-0.15, -0.1) is 0 Å². The quantitative estimate of drug-likeness (QED) is 0.492. The molecule has 0 aromatic heterocycles. The van der Waals surface area contributed by atoms with Crippen molar-refractivity contribution in [2.24, 2.45) is 5.92 Å². The first-order valence-corrected chi connectivity index (χ1v) is 3.40. The van der Waals surface area contributed by atoms with Crippen LogP contribution >= 0.6 is 0 Å². The van der Waals surface area contributed by atoms with E-state index in [1.165, 1.54) is 6.92 Å². The summed E-state index contributed by atoms with van der Waals surface area (Å²) in [7, 11) is 0. The lowest BCUT2D eigenvalue weighted by molar-refractivity contribution is -0.222. The maximum atomic E-state index is 10.5. The van der Waals surface area contributed by atoms with Gasteiger partial charge in [-0.05, 0) is 25.2 Å². The summed E-state index contributed by atoms with van der Waals surface area (Å²) in [5, 5.41) is 0. The summed E-state index contributed by atoms with van der Waals surface area (Å²) in [6.07, 6.45) is 3.39. The Hall–Kier alpha value is -0.530. The second kappa shape index (κ2) is 1.31. The molecule has 0 radical (unpaired) electrons. The molecule has 50 valence electrons. The lowest BCUT2D eigenvalue weighted by Crippen LogP contribution is -2.60. The minimum Gasteiger partial charge on any atom is -0.459 e. The minimum atomic E-state index is -0.117. The van der Waals surface area contributed by atoms with Crippen LogP contribution < -0.4 is 0 Å². The monoisotopic (exact) mass is 126 g/mol. The minimum absolute atomic E-state index is 0.0382. The first-order chi connectivity index (χ1) is 4.20. The zero-order valence-corrected chi connectivity index (χ0v) is 5.52. The maximum absolute atomic E-state index is 10.5. The topological polar surface area (TPSA) is 26.3 Å². The van der Waals surface area contributed by atoms with Crippen molar-refractivity contribution < 1.29 is 9.53 Å². The molecule has 3 aliphatic carbocycles. The van der Waals surface area contributed by atoms with Gasteiger partial charge in [-0.3, -0.25) is 4.79 Å². The molecule has 3 rings (SSSR count). The van der Waals surface area contributed by atoms with Crippen molar-refractivity contribution in [3.8, 4) is 0 Å². The van der Waals surface area contributed by atoms with Gasteiger partial charge in [0.1, 0.15) is 5.60 Å². The predicted molar refractivity (Wildman–Crippen MR) is 31.8 cm³/mol. The van der Waals surface area contributed by atoms with Gasteiger partial charge in [0.15, 0.2) is 0 Å². The van der Waals surface area contributed by atoms with E-state index in [1.54, 1.807) is 0 Å². The van der Waals surface area contributed by atoms with E-state index in [0.29, 0.717) is 0 Å². The van der Waals surface area contributed by atoms with Crippen molar-refractivity contribution in [3.63, 3.8) is 0 Å². The molecule has 0 amide bonds. The number of carbonyl (C=O) groups is 1. The highest BCUT2D eigenvalue weighted by Crippen LogP contribution is 2.59. The van der Waals surface area contributed by atoms with Gasteiger partial charge in [0, 0.05) is 6.92 Å². The molecule has 2 bridgehead atoms. The van der Waals surface area contributed by atoms with Gasteiger partial charge in [-0.1, -0.05) is 0 Å². The summed E-state index contributed by atoms with van der Waals surface area (Å²) < 4.78 is 5.10. The highest BCUT2D eigenvalue weighted by Gasteiger charge is 2.59. The Labute approximate surface area is 54.2 Å². The van der Waals surface area contributed by atoms with E-state index >= 15 is 0 Å². The summed E-state index contributed by atoms with van der Waals surface area (Å²) in [6.45, 7) is 1.49. The lowest BCUT2D eigenvalue weighted by Gasteiger charge is -2.59. The smallest absolute Gasteiger partial charge is 0.303 e. The van der Waals surface area contributed by atoms with Gasteiger partial charge < -0.3 is 4.74 Å². The van der Waals surface area contributed by atoms with Gasteiger partial charge in [0.05, 0.1) is 0 Å². The predicted octanol–water partition coefficient (Wildman–Crippen LogP) is 1.10. The molecule has 0 unspecified atom stereocenters. The fraction of sp³-hybridized carbons (Fsp3) is 0.857. The van der Waals surface area contributed by atoms with Crippen molar-refractivity contribution in [1.82, 2.24) is 0 Å². The van der Waals surface area contributed by atoms with Gasteiger partial charge >= 0.3 is 5.97 Å². The Morgan fingerprint density at radius 2 is 2.11 bits per heavy atom. The van der Waals surface area contributed by atoms with Crippen LogP contribution in [-0.4, -0.2) is 11.6 Å². The van der Waals surface area contributed by atoms with E-state index in [4.69, 9.17) is 4.74 Å². The van der Waals surface area contributed by atoms with Gasteiger partial charge in [-0.2, -0.15) is 0 Å². The third kappa shape index (κ3) is 0.590. The van der Waals surface area contributed by atoms with Crippen LogP contribution in [-0.2, 0) is 9.53 Å². The molecule has 0 spiro atoms. The van der Waals surface area contributed by atoms with Crippen LogP contribution in [0.2, 0.25) is 0 Å². The molecule has 3 fully saturated rings. The Balaban J connectivity index is 1.92. The Morgan fingerprint density at radius 1 is 1.56 bits per heavy atom. The number of rotatable bonds is 1. The molecule has 0 aliphatic heterocycles. The molecule has 0 atom stereocenters. The molecule has 2 heteroatoms. The van der Waals surface area contributed by atoms with E-state index in [-0.39, 0.29) is 11.6 Å². The van der Waals surface area contributed by atoms with Crippen LogP contribution in [0.25, 0.3) is 0 Å². The van der Waals surface area contributed by atoms with Gasteiger partial charge in [0.2, 0.25) is 0 Å². The number of hydrogen-bond acceptors (Lipinski definition) is 2. The van der Waals surface area contributed by atoms with Crippen molar-refractivity contribution >= 4 is 5.97 Å². The highest BCUT2D eigenvalue weighted by molar-refractivity contribution is 5.67. The van der Waals surface area contributed by atoms with Crippen LogP contribution in [0.1, 0.15) is 26.2 Å². The summed E-state index contributed by atoms with van der Waals surface area (Å²) in [6, 6.07) is 0. The molecular formula is C7H10O2. The zero-order valence-electron chi connectivity index (χ0n) is 5.52. The Morgan fingerprint density at radius 3 is 2.22 bits per heavy atom. The van der Waals surface area contributed by atoms with Crippen LogP contribution in [0.4, 0.5) is 0 Å². The SMILES string of the molecule is CC(=O)OC12CC(C1)C2. The van der Waals surface area contributed by atoms with Crippen LogP contribution in [0, 0.1) is 5.92 Å². The van der Waals surface area contributed by atoms with E-state index in [1.807, 2.05) is 0 Å². The third-order valence-corrected chi connectivity index (χ3v) is 2.34. The maximum Gasteiger partial charge on any atom is 0.303 e. The van der Waals surface area contributed by atoms with Crippen molar-refractivity contribution in [3.05, 3.63) is 0 Å². The molecule has 2 nitrogen and oxygen atoms in total. The molecule has 9 heavy (non-hydrogen) atoms. The summed E-state index contributed by atoms with van der Waals surface area (Å²) in [4.78, 5) is 10.5. The number of esters is 1. The fourth-order valence-corrected chi connectivity index (χ4v) is 1.83. The number of ether oxygens (including phenoxy) is 1.